The van der Waals surface area contributed by atoms with Crippen molar-refractivity contribution in [2.24, 2.45) is 0 Å². The van der Waals surface area contributed by atoms with Gasteiger partial charge in [0.15, 0.2) is 6.61 Å². The highest BCUT2D eigenvalue weighted by molar-refractivity contribution is 6.30. The molecule has 2 N–H and O–H groups in total. The lowest BCUT2D eigenvalue weighted by atomic mass is 10.2. The molecule has 5 nitrogen and oxygen atoms in total. The average Bonchev–Trinajstić information content (AvgIpc) is 2.99. The first-order valence-corrected chi connectivity index (χ1v) is 7.51. The summed E-state index contributed by atoms with van der Waals surface area (Å²) in [6, 6.07) is 1.61. The van der Waals surface area contributed by atoms with Crippen molar-refractivity contribution in [1.82, 2.24) is 9.88 Å². The van der Waals surface area contributed by atoms with Gasteiger partial charge in [-0.1, -0.05) is 11.6 Å². The second kappa shape index (κ2) is 6.10. The number of carbonyl (C=O) groups excluding carboxylic acids is 1. The van der Waals surface area contributed by atoms with Crippen LogP contribution in [-0.4, -0.2) is 35.1 Å². The third-order valence-corrected chi connectivity index (χ3v) is 4.07. The normalized spacial score (nSPS) is 17.5. The fraction of sp³-hybridized carbons (Fsp3) is 0.333. The highest BCUT2D eigenvalue weighted by atomic mass is 35.5. The Labute approximate surface area is 140 Å². The zero-order valence-corrected chi connectivity index (χ0v) is 13.4. The number of quaternary nitrogens is 1. The lowest BCUT2D eigenvalue weighted by Crippen LogP contribution is -2.80. The smallest absolute Gasteiger partial charge is 0.422 e. The van der Waals surface area contributed by atoms with Crippen LogP contribution in [0.25, 0.3) is 0 Å². The van der Waals surface area contributed by atoms with Gasteiger partial charge in [0.2, 0.25) is 0 Å². The molecule has 3 heterocycles. The number of halogens is 4. The zero-order chi connectivity index (χ0) is 17.5. The molecule has 0 aliphatic carbocycles. The van der Waals surface area contributed by atoms with Crippen LogP contribution in [0, 0.1) is 0 Å². The van der Waals surface area contributed by atoms with Crippen molar-refractivity contribution in [2.75, 3.05) is 13.2 Å². The second-order valence-corrected chi connectivity index (χ2v) is 5.96. The molecular weight excluding hydrogens is 347 g/mol. The van der Waals surface area contributed by atoms with E-state index in [9.17, 15) is 18.0 Å². The summed E-state index contributed by atoms with van der Waals surface area (Å²) in [5.41, 5.74) is 2.47. The van der Waals surface area contributed by atoms with Crippen LogP contribution in [0.1, 0.15) is 22.8 Å². The third kappa shape index (κ3) is 3.39. The number of ether oxygens (including phenoxy) is 1. The SMILES string of the molecule is CC1=C(OCC(F)(F)F)[NH2+]C(CN2Cc3c(ccnc3Cl)C2=O)=C1. The Hall–Kier alpha value is -2.06. The molecule has 1 aromatic heterocycles. The van der Waals surface area contributed by atoms with Crippen LogP contribution in [0.4, 0.5) is 13.2 Å². The van der Waals surface area contributed by atoms with Crippen molar-refractivity contribution in [3.8, 4) is 0 Å². The van der Waals surface area contributed by atoms with Crippen LogP contribution >= 0.6 is 11.6 Å². The Kier molecular flexibility index (Phi) is 4.27. The third-order valence-electron chi connectivity index (χ3n) is 3.74. The van der Waals surface area contributed by atoms with Crippen molar-refractivity contribution >= 4 is 17.5 Å². The molecule has 0 aromatic carbocycles. The van der Waals surface area contributed by atoms with Gasteiger partial charge >= 0.3 is 6.18 Å². The molecule has 0 unspecified atom stereocenters. The first-order valence-electron chi connectivity index (χ1n) is 7.13. The number of alkyl halides is 3. The van der Waals surface area contributed by atoms with Gasteiger partial charge in [-0.05, 0) is 13.0 Å². The molecule has 2 aliphatic heterocycles. The van der Waals surface area contributed by atoms with E-state index in [0.29, 0.717) is 28.9 Å². The molecule has 3 rings (SSSR count). The minimum absolute atomic E-state index is 0.172. The number of hydrogen-bond donors (Lipinski definition) is 1. The Bertz CT molecular complexity index is 759. The summed E-state index contributed by atoms with van der Waals surface area (Å²) in [6.07, 6.45) is -1.21. The fourth-order valence-electron chi connectivity index (χ4n) is 2.68. The number of hydrogen-bond acceptors (Lipinski definition) is 3. The maximum atomic E-state index is 12.4. The molecule has 0 bridgehead atoms. The highest BCUT2D eigenvalue weighted by Crippen LogP contribution is 2.28. The number of aromatic nitrogens is 1. The maximum Gasteiger partial charge on any atom is 0.422 e. The molecule has 0 atom stereocenters. The van der Waals surface area contributed by atoms with Gasteiger partial charge in [-0.2, -0.15) is 13.2 Å². The predicted octanol–water partition coefficient (Wildman–Crippen LogP) is 1.96. The lowest BCUT2D eigenvalue weighted by molar-refractivity contribution is -0.584. The second-order valence-electron chi connectivity index (χ2n) is 5.60. The van der Waals surface area contributed by atoms with E-state index >= 15 is 0 Å². The maximum absolute atomic E-state index is 12.4. The van der Waals surface area contributed by atoms with Crippen molar-refractivity contribution < 1.29 is 28.0 Å². The van der Waals surface area contributed by atoms with Gasteiger partial charge in [0.1, 0.15) is 10.9 Å². The number of rotatable bonds is 4. The summed E-state index contributed by atoms with van der Waals surface area (Å²) in [7, 11) is 0. The summed E-state index contributed by atoms with van der Waals surface area (Å²) in [6.45, 7) is 0.910. The summed E-state index contributed by atoms with van der Waals surface area (Å²) in [5, 5.41) is 1.81. The predicted molar refractivity (Wildman–Crippen MR) is 78.7 cm³/mol. The lowest BCUT2D eigenvalue weighted by Gasteiger charge is -2.15. The summed E-state index contributed by atoms with van der Waals surface area (Å²) < 4.78 is 41.5. The molecule has 0 saturated heterocycles. The van der Waals surface area contributed by atoms with E-state index in [1.54, 1.807) is 24.0 Å². The van der Waals surface area contributed by atoms with E-state index in [-0.39, 0.29) is 23.5 Å². The Morgan fingerprint density at radius 2 is 2.21 bits per heavy atom. The molecule has 24 heavy (non-hydrogen) atoms. The van der Waals surface area contributed by atoms with Crippen LogP contribution in [0.3, 0.4) is 0 Å². The number of allylic oxidation sites excluding steroid dienone is 2. The molecule has 2 aliphatic rings. The van der Waals surface area contributed by atoms with E-state index in [4.69, 9.17) is 16.3 Å². The number of pyridine rings is 1. The molecule has 0 fully saturated rings. The van der Waals surface area contributed by atoms with Crippen LogP contribution in [0.5, 0.6) is 0 Å². The topological polar surface area (TPSA) is 59.0 Å². The van der Waals surface area contributed by atoms with E-state index in [0.717, 1.165) is 0 Å². The fourth-order valence-corrected chi connectivity index (χ4v) is 2.90. The molecule has 1 amide bonds. The van der Waals surface area contributed by atoms with Crippen LogP contribution in [0.2, 0.25) is 5.15 Å². The van der Waals surface area contributed by atoms with Gasteiger partial charge in [-0.3, -0.25) is 10.1 Å². The zero-order valence-electron chi connectivity index (χ0n) is 12.7. The minimum Gasteiger partial charge on any atom is -0.442 e. The van der Waals surface area contributed by atoms with E-state index < -0.39 is 12.8 Å². The summed E-state index contributed by atoms with van der Waals surface area (Å²) >= 11 is 6.00. The van der Waals surface area contributed by atoms with E-state index in [2.05, 4.69) is 4.98 Å². The van der Waals surface area contributed by atoms with Gasteiger partial charge in [0.25, 0.3) is 11.8 Å². The Morgan fingerprint density at radius 1 is 1.46 bits per heavy atom. The number of fused-ring (bicyclic) bond motifs is 1. The molecule has 128 valence electrons. The van der Waals surface area contributed by atoms with Crippen molar-refractivity contribution in [3.63, 3.8) is 0 Å². The molecular formula is C15H14ClF3N3O2+. The van der Waals surface area contributed by atoms with Crippen molar-refractivity contribution in [1.29, 1.82) is 0 Å². The van der Waals surface area contributed by atoms with Gasteiger partial charge in [-0.25, -0.2) is 4.98 Å². The van der Waals surface area contributed by atoms with Crippen LogP contribution in [0.15, 0.2) is 35.5 Å². The number of nitrogens with two attached hydrogens (primary N) is 1. The monoisotopic (exact) mass is 360 g/mol. The van der Waals surface area contributed by atoms with Gasteiger partial charge in [0, 0.05) is 23.4 Å². The quantitative estimate of drug-likeness (QED) is 0.835. The molecule has 0 spiro atoms. The molecule has 0 radical (unpaired) electrons. The Morgan fingerprint density at radius 3 is 2.88 bits per heavy atom. The number of nitrogens with zero attached hydrogens (tertiary/aromatic N) is 2. The standard InChI is InChI=1S/C15H13ClF3N3O2/c1-8-4-9(21-13(8)24-7-15(17,18)19)5-22-6-11-10(14(22)23)2-3-20-12(11)16/h2-4,21H,5-7H2,1H3/p+1. The molecule has 0 saturated carbocycles. The number of amides is 1. The van der Waals surface area contributed by atoms with E-state index in [1.165, 1.54) is 11.5 Å². The number of carbonyl (C=O) groups is 1. The van der Waals surface area contributed by atoms with Crippen molar-refractivity contribution in [2.45, 2.75) is 19.6 Å². The highest BCUT2D eigenvalue weighted by Gasteiger charge is 2.34. The largest absolute Gasteiger partial charge is 0.442 e. The van der Waals surface area contributed by atoms with Crippen LogP contribution < -0.4 is 5.32 Å². The van der Waals surface area contributed by atoms with Gasteiger partial charge in [0.05, 0.1) is 18.7 Å². The summed E-state index contributed by atoms with van der Waals surface area (Å²) in [4.78, 5) is 17.9. The summed E-state index contributed by atoms with van der Waals surface area (Å²) in [5.74, 6) is -0.00269. The minimum atomic E-state index is -4.39. The first-order chi connectivity index (χ1) is 11.2. The molecule has 1 aromatic rings. The molecule has 9 heteroatoms. The first kappa shape index (κ1) is 16.8. The van der Waals surface area contributed by atoms with Crippen molar-refractivity contribution in [3.05, 3.63) is 51.8 Å². The Balaban J connectivity index is 1.63. The van der Waals surface area contributed by atoms with Gasteiger partial charge in [-0.15, -0.1) is 0 Å². The van der Waals surface area contributed by atoms with E-state index in [1.807, 2.05) is 0 Å². The average molecular weight is 361 g/mol. The van der Waals surface area contributed by atoms with Gasteiger partial charge < -0.3 is 9.64 Å². The van der Waals surface area contributed by atoms with Crippen LogP contribution in [-0.2, 0) is 11.3 Å².